The Balaban J connectivity index is 1.25. The topological polar surface area (TPSA) is 56.8 Å². The van der Waals surface area contributed by atoms with Crippen molar-refractivity contribution in [2.45, 2.75) is 31.6 Å². The lowest BCUT2D eigenvalue weighted by atomic mass is 9.98. The van der Waals surface area contributed by atoms with Crippen molar-refractivity contribution in [3.63, 3.8) is 0 Å². The number of imidazole rings is 1. The molecule has 2 aromatic heterocycles. The number of benzene rings is 1. The van der Waals surface area contributed by atoms with E-state index in [1.807, 2.05) is 29.2 Å². The number of halogens is 3. The van der Waals surface area contributed by atoms with Crippen LogP contribution in [0.15, 0.2) is 42.5 Å². The van der Waals surface area contributed by atoms with E-state index in [9.17, 15) is 13.2 Å². The highest BCUT2D eigenvalue weighted by Crippen LogP contribution is 2.40. The molecule has 2 fully saturated rings. The smallest absolute Gasteiger partial charge is 0.356 e. The van der Waals surface area contributed by atoms with Gasteiger partial charge in [0.15, 0.2) is 0 Å². The van der Waals surface area contributed by atoms with E-state index < -0.39 is 11.9 Å². The number of nitrogens with one attached hydrogen (secondary N) is 2. The number of aromatic nitrogens is 3. The third-order valence-electron chi connectivity index (χ3n) is 6.18. The fraction of sp³-hybridized carbons (Fsp3) is 0.429. The average Bonchev–Trinajstić information content (AvgIpc) is 3.39. The van der Waals surface area contributed by atoms with Crippen LogP contribution in [-0.2, 0) is 12.7 Å². The van der Waals surface area contributed by atoms with Gasteiger partial charge in [-0.2, -0.15) is 13.2 Å². The molecule has 1 aliphatic heterocycles. The van der Waals surface area contributed by atoms with Gasteiger partial charge in [-0.15, -0.1) is 0 Å². The summed E-state index contributed by atoms with van der Waals surface area (Å²) in [5.74, 6) is 2.23. The number of hydrogen-bond acceptors (Lipinski definition) is 4. The van der Waals surface area contributed by atoms with Crippen molar-refractivity contribution in [3.05, 3.63) is 54.0 Å². The molecule has 0 spiro atoms. The molecule has 29 heavy (non-hydrogen) atoms. The van der Waals surface area contributed by atoms with Gasteiger partial charge in [-0.1, -0.05) is 18.2 Å². The molecule has 1 saturated carbocycles. The van der Waals surface area contributed by atoms with Crippen LogP contribution in [0.2, 0.25) is 0 Å². The Morgan fingerprint density at radius 2 is 1.90 bits per heavy atom. The zero-order chi connectivity index (χ0) is 20.0. The van der Waals surface area contributed by atoms with E-state index in [-0.39, 0.29) is 0 Å². The van der Waals surface area contributed by atoms with Crippen LogP contribution >= 0.6 is 0 Å². The van der Waals surface area contributed by atoms with Crippen molar-refractivity contribution < 1.29 is 13.2 Å². The summed E-state index contributed by atoms with van der Waals surface area (Å²) in [6.07, 6.45) is -2.25. The number of anilines is 1. The maximum Gasteiger partial charge on any atom is 0.433 e. The third kappa shape index (κ3) is 3.57. The van der Waals surface area contributed by atoms with Gasteiger partial charge in [0.1, 0.15) is 17.3 Å². The number of fused-ring (bicyclic) bond motifs is 2. The van der Waals surface area contributed by atoms with E-state index in [2.05, 4.69) is 20.3 Å². The lowest BCUT2D eigenvalue weighted by Gasteiger charge is -2.22. The molecule has 3 unspecified atom stereocenters. The van der Waals surface area contributed by atoms with Gasteiger partial charge in [-0.25, -0.2) is 9.97 Å². The number of nitrogens with zero attached hydrogens (tertiary/aromatic N) is 3. The molecule has 3 atom stereocenters. The second-order valence-corrected chi connectivity index (χ2v) is 7.97. The van der Waals surface area contributed by atoms with E-state index >= 15 is 0 Å². The van der Waals surface area contributed by atoms with E-state index in [1.54, 1.807) is 6.07 Å². The quantitative estimate of drug-likeness (QED) is 0.694. The maximum absolute atomic E-state index is 13.0. The molecule has 1 aliphatic carbocycles. The Bertz CT molecular complexity index is 982. The van der Waals surface area contributed by atoms with Crippen LogP contribution in [0.25, 0.3) is 11.0 Å². The van der Waals surface area contributed by atoms with Gasteiger partial charge in [-0.3, -0.25) is 0 Å². The van der Waals surface area contributed by atoms with Crippen molar-refractivity contribution in [2.24, 2.45) is 11.8 Å². The number of para-hydroxylation sites is 2. The van der Waals surface area contributed by atoms with Gasteiger partial charge in [0, 0.05) is 19.1 Å². The average molecular weight is 401 g/mol. The number of rotatable bonds is 4. The monoisotopic (exact) mass is 401 g/mol. The van der Waals surface area contributed by atoms with Crippen LogP contribution in [0.4, 0.5) is 19.0 Å². The normalized spacial score (nSPS) is 24.4. The van der Waals surface area contributed by atoms with Crippen LogP contribution in [0.5, 0.6) is 0 Å². The summed E-state index contributed by atoms with van der Waals surface area (Å²) in [5.41, 5.74) is 1.15. The first kappa shape index (κ1) is 18.4. The molecule has 5 nitrogen and oxygen atoms in total. The second kappa shape index (κ2) is 7.02. The predicted molar refractivity (Wildman–Crippen MR) is 104 cm³/mol. The van der Waals surface area contributed by atoms with E-state index in [1.165, 1.54) is 6.07 Å². The first-order valence-corrected chi connectivity index (χ1v) is 9.93. The number of hydrogen-bond donors (Lipinski definition) is 2. The summed E-state index contributed by atoms with van der Waals surface area (Å²) in [4.78, 5) is 13.8. The Labute approximate surface area is 166 Å². The number of H-pyrrole nitrogens is 1. The highest BCUT2D eigenvalue weighted by Gasteiger charge is 2.43. The molecule has 3 heterocycles. The number of aromatic amines is 1. The minimum absolute atomic E-state index is 0.337. The zero-order valence-electron chi connectivity index (χ0n) is 15.8. The van der Waals surface area contributed by atoms with Crippen LogP contribution in [0.1, 0.15) is 24.4 Å². The lowest BCUT2D eigenvalue weighted by Crippen LogP contribution is -2.35. The fourth-order valence-electron chi connectivity index (χ4n) is 4.78. The third-order valence-corrected chi connectivity index (χ3v) is 6.18. The van der Waals surface area contributed by atoms with Gasteiger partial charge in [-0.05, 0) is 48.9 Å². The summed E-state index contributed by atoms with van der Waals surface area (Å²) in [7, 11) is 0. The van der Waals surface area contributed by atoms with Crippen LogP contribution in [-0.4, -0.2) is 34.1 Å². The number of alkyl halides is 3. The van der Waals surface area contributed by atoms with Crippen molar-refractivity contribution in [1.29, 1.82) is 0 Å². The minimum Gasteiger partial charge on any atom is -0.356 e. The molecule has 0 amide bonds. The van der Waals surface area contributed by atoms with Gasteiger partial charge in [0.2, 0.25) is 0 Å². The molecule has 152 valence electrons. The summed E-state index contributed by atoms with van der Waals surface area (Å²) >= 11 is 0. The van der Waals surface area contributed by atoms with E-state index in [0.29, 0.717) is 30.2 Å². The Kier molecular flexibility index (Phi) is 4.46. The SMILES string of the molecule is FC(F)(F)c1cccc(N2CC3CCC(NCc4nc5ccccc5[nH]4)C3C2)n1. The largest absolute Gasteiger partial charge is 0.433 e. The molecular formula is C21H22F3N5. The molecule has 2 aliphatic rings. The molecular weight excluding hydrogens is 379 g/mol. The van der Waals surface area contributed by atoms with Crippen molar-refractivity contribution >= 4 is 16.9 Å². The molecule has 8 heteroatoms. The molecule has 1 aromatic carbocycles. The molecule has 0 bridgehead atoms. The molecule has 0 radical (unpaired) electrons. The summed E-state index contributed by atoms with van der Waals surface area (Å²) in [5, 5.41) is 3.62. The van der Waals surface area contributed by atoms with Crippen LogP contribution in [0, 0.1) is 11.8 Å². The van der Waals surface area contributed by atoms with Crippen LogP contribution in [0.3, 0.4) is 0 Å². The lowest BCUT2D eigenvalue weighted by molar-refractivity contribution is -0.141. The first-order valence-electron chi connectivity index (χ1n) is 9.93. The van der Waals surface area contributed by atoms with Crippen molar-refractivity contribution in [1.82, 2.24) is 20.3 Å². The highest BCUT2D eigenvalue weighted by atomic mass is 19.4. The van der Waals surface area contributed by atoms with Gasteiger partial charge < -0.3 is 15.2 Å². The molecule has 3 aromatic rings. The summed E-state index contributed by atoms with van der Waals surface area (Å²) < 4.78 is 39.0. The zero-order valence-corrected chi connectivity index (χ0v) is 15.8. The maximum atomic E-state index is 13.0. The number of pyridine rings is 1. The van der Waals surface area contributed by atoms with Gasteiger partial charge >= 0.3 is 6.18 Å². The molecule has 1 saturated heterocycles. The fourth-order valence-corrected chi connectivity index (χ4v) is 4.78. The molecule has 5 rings (SSSR count). The second-order valence-electron chi connectivity index (χ2n) is 7.97. The Morgan fingerprint density at radius 1 is 1.03 bits per heavy atom. The first-order chi connectivity index (χ1) is 14.0. The van der Waals surface area contributed by atoms with E-state index in [0.717, 1.165) is 48.9 Å². The minimum atomic E-state index is -4.41. The Hall–Kier alpha value is -2.61. The van der Waals surface area contributed by atoms with Crippen LogP contribution < -0.4 is 10.2 Å². The van der Waals surface area contributed by atoms with Gasteiger partial charge in [0.05, 0.1) is 17.6 Å². The summed E-state index contributed by atoms with van der Waals surface area (Å²) in [6.45, 7) is 2.16. The van der Waals surface area contributed by atoms with E-state index in [4.69, 9.17) is 0 Å². The Morgan fingerprint density at radius 3 is 2.72 bits per heavy atom. The summed E-state index contributed by atoms with van der Waals surface area (Å²) in [6, 6.07) is 12.4. The molecule has 2 N–H and O–H groups in total. The standard InChI is InChI=1S/C21H22F3N5/c22-21(23,24)18-6-3-7-20(28-18)29-11-13-8-9-15(14(13)12-29)25-10-19-26-16-4-1-2-5-17(16)27-19/h1-7,13-15,25H,8-12H2,(H,26,27). The highest BCUT2D eigenvalue weighted by molar-refractivity contribution is 5.74. The predicted octanol–water partition coefficient (Wildman–Crippen LogP) is 3.98. The van der Waals surface area contributed by atoms with Gasteiger partial charge in [0.25, 0.3) is 0 Å². The van der Waals surface area contributed by atoms with Crippen molar-refractivity contribution in [3.8, 4) is 0 Å². The van der Waals surface area contributed by atoms with Crippen molar-refractivity contribution in [2.75, 3.05) is 18.0 Å².